The largest absolute Gasteiger partial charge is 0.360 e. The van der Waals surface area contributed by atoms with Gasteiger partial charge in [0.2, 0.25) is 0 Å². The van der Waals surface area contributed by atoms with Crippen LogP contribution in [0.15, 0.2) is 29.0 Å². The molecule has 2 aliphatic rings. The third kappa shape index (κ3) is 1.57. The first-order chi connectivity index (χ1) is 8.43. The second kappa shape index (κ2) is 3.42. The number of rotatable bonds is 3. The number of nitrogens with zero attached hydrogens (tertiary/aromatic N) is 2. The SMILES string of the molecule is c1cncc(-c2noc(C3CC3)c2C2CC2)c1. The molecule has 0 radical (unpaired) electrons. The summed E-state index contributed by atoms with van der Waals surface area (Å²) in [6.07, 6.45) is 8.77. The van der Waals surface area contributed by atoms with Gasteiger partial charge in [-0.2, -0.15) is 0 Å². The van der Waals surface area contributed by atoms with E-state index >= 15 is 0 Å². The lowest BCUT2D eigenvalue weighted by atomic mass is 10.0. The Morgan fingerprint density at radius 1 is 1.12 bits per heavy atom. The van der Waals surface area contributed by atoms with Crippen LogP contribution in [0.4, 0.5) is 0 Å². The van der Waals surface area contributed by atoms with E-state index in [2.05, 4.69) is 16.2 Å². The third-order valence-corrected chi connectivity index (χ3v) is 3.62. The zero-order valence-electron chi connectivity index (χ0n) is 9.60. The van der Waals surface area contributed by atoms with Gasteiger partial charge in [0.1, 0.15) is 11.5 Å². The van der Waals surface area contributed by atoms with Crippen molar-refractivity contribution in [2.75, 3.05) is 0 Å². The molecule has 2 aliphatic carbocycles. The van der Waals surface area contributed by atoms with Gasteiger partial charge in [-0.3, -0.25) is 4.98 Å². The van der Waals surface area contributed by atoms with E-state index in [1.807, 2.05) is 12.3 Å². The van der Waals surface area contributed by atoms with E-state index in [1.165, 1.54) is 31.2 Å². The van der Waals surface area contributed by atoms with Crippen molar-refractivity contribution >= 4 is 0 Å². The van der Waals surface area contributed by atoms with Crippen LogP contribution in [-0.4, -0.2) is 10.1 Å². The summed E-state index contributed by atoms with van der Waals surface area (Å²) in [7, 11) is 0. The van der Waals surface area contributed by atoms with Crippen molar-refractivity contribution in [1.82, 2.24) is 10.1 Å². The molecule has 0 amide bonds. The van der Waals surface area contributed by atoms with Gasteiger partial charge in [0.05, 0.1) is 0 Å². The lowest BCUT2D eigenvalue weighted by Gasteiger charge is -2.00. The van der Waals surface area contributed by atoms with Crippen molar-refractivity contribution in [2.24, 2.45) is 0 Å². The molecule has 0 N–H and O–H groups in total. The molecule has 2 heterocycles. The fourth-order valence-corrected chi connectivity index (χ4v) is 2.43. The van der Waals surface area contributed by atoms with Crippen LogP contribution in [0.3, 0.4) is 0 Å². The summed E-state index contributed by atoms with van der Waals surface area (Å²) < 4.78 is 5.60. The van der Waals surface area contributed by atoms with Crippen molar-refractivity contribution in [3.05, 3.63) is 35.9 Å². The predicted octanol–water partition coefficient (Wildman–Crippen LogP) is 3.49. The molecule has 2 aromatic rings. The van der Waals surface area contributed by atoms with Gasteiger partial charge in [0.25, 0.3) is 0 Å². The first kappa shape index (κ1) is 9.40. The average Bonchev–Trinajstić information content (AvgIpc) is 3.29. The highest BCUT2D eigenvalue weighted by Crippen LogP contribution is 2.52. The molecule has 0 spiro atoms. The topological polar surface area (TPSA) is 38.9 Å². The summed E-state index contributed by atoms with van der Waals surface area (Å²) in [6, 6.07) is 4.02. The highest BCUT2D eigenvalue weighted by Gasteiger charge is 2.38. The Kier molecular flexibility index (Phi) is 1.89. The Labute approximate surface area is 99.9 Å². The molecule has 3 heteroatoms. The van der Waals surface area contributed by atoms with Crippen molar-refractivity contribution in [2.45, 2.75) is 37.5 Å². The number of pyridine rings is 1. The Hall–Kier alpha value is -1.64. The van der Waals surface area contributed by atoms with Crippen LogP contribution in [0, 0.1) is 0 Å². The minimum absolute atomic E-state index is 0.642. The minimum Gasteiger partial charge on any atom is -0.360 e. The van der Waals surface area contributed by atoms with Crippen LogP contribution in [0.1, 0.15) is 48.8 Å². The molecule has 2 saturated carbocycles. The van der Waals surface area contributed by atoms with Crippen molar-refractivity contribution < 1.29 is 4.52 Å². The predicted molar refractivity (Wildman–Crippen MR) is 63.7 cm³/mol. The molecule has 0 aromatic carbocycles. The van der Waals surface area contributed by atoms with E-state index in [0.29, 0.717) is 11.8 Å². The maximum absolute atomic E-state index is 5.60. The molecule has 2 fully saturated rings. The van der Waals surface area contributed by atoms with Gasteiger partial charge in [-0.05, 0) is 43.7 Å². The first-order valence-electron chi connectivity index (χ1n) is 6.33. The maximum atomic E-state index is 5.60. The second-order valence-electron chi connectivity index (χ2n) is 5.10. The van der Waals surface area contributed by atoms with Crippen LogP contribution >= 0.6 is 0 Å². The summed E-state index contributed by atoms with van der Waals surface area (Å²) >= 11 is 0. The summed E-state index contributed by atoms with van der Waals surface area (Å²) in [5, 5.41) is 4.29. The lowest BCUT2D eigenvalue weighted by molar-refractivity contribution is 0.384. The van der Waals surface area contributed by atoms with Gasteiger partial charge in [-0.25, -0.2) is 0 Å². The fourth-order valence-electron chi connectivity index (χ4n) is 2.43. The summed E-state index contributed by atoms with van der Waals surface area (Å²) in [4.78, 5) is 4.17. The smallest absolute Gasteiger partial charge is 0.143 e. The van der Waals surface area contributed by atoms with Crippen LogP contribution in [0.5, 0.6) is 0 Å². The van der Waals surface area contributed by atoms with E-state index < -0.39 is 0 Å². The molecule has 0 atom stereocenters. The summed E-state index contributed by atoms with van der Waals surface area (Å²) in [5.74, 6) is 2.49. The van der Waals surface area contributed by atoms with Gasteiger partial charge >= 0.3 is 0 Å². The summed E-state index contributed by atoms with van der Waals surface area (Å²) in [5.41, 5.74) is 3.49. The molecule has 86 valence electrons. The van der Waals surface area contributed by atoms with Gasteiger partial charge in [0, 0.05) is 29.4 Å². The quantitative estimate of drug-likeness (QED) is 0.804. The molecule has 0 aliphatic heterocycles. The molecule has 17 heavy (non-hydrogen) atoms. The van der Waals surface area contributed by atoms with Crippen LogP contribution < -0.4 is 0 Å². The molecular weight excluding hydrogens is 212 g/mol. The standard InChI is InChI=1S/C14H14N2O/c1-2-11(8-15-7-1)13-12(9-3-4-9)14(17-16-13)10-5-6-10/h1-2,7-10H,3-6H2. The Morgan fingerprint density at radius 3 is 2.59 bits per heavy atom. The average molecular weight is 226 g/mol. The van der Waals surface area contributed by atoms with Crippen LogP contribution in [-0.2, 0) is 0 Å². The zero-order valence-corrected chi connectivity index (χ0v) is 9.60. The molecule has 0 bridgehead atoms. The van der Waals surface area contributed by atoms with Crippen molar-refractivity contribution in [3.63, 3.8) is 0 Å². The summed E-state index contributed by atoms with van der Waals surface area (Å²) in [6.45, 7) is 0. The first-order valence-corrected chi connectivity index (χ1v) is 6.33. The Bertz CT molecular complexity index is 539. The Morgan fingerprint density at radius 2 is 1.94 bits per heavy atom. The molecule has 2 aromatic heterocycles. The fraction of sp³-hybridized carbons (Fsp3) is 0.429. The van der Waals surface area contributed by atoms with E-state index in [0.717, 1.165) is 17.0 Å². The van der Waals surface area contributed by atoms with Crippen molar-refractivity contribution in [3.8, 4) is 11.3 Å². The third-order valence-electron chi connectivity index (χ3n) is 3.62. The zero-order chi connectivity index (χ0) is 11.2. The van der Waals surface area contributed by atoms with E-state index in [4.69, 9.17) is 4.52 Å². The van der Waals surface area contributed by atoms with Gasteiger partial charge in [0.15, 0.2) is 0 Å². The lowest BCUT2D eigenvalue weighted by Crippen LogP contribution is -1.88. The van der Waals surface area contributed by atoms with Gasteiger partial charge in [-0.15, -0.1) is 0 Å². The van der Waals surface area contributed by atoms with Gasteiger partial charge in [-0.1, -0.05) is 5.16 Å². The van der Waals surface area contributed by atoms with E-state index in [-0.39, 0.29) is 0 Å². The van der Waals surface area contributed by atoms with Crippen LogP contribution in [0.25, 0.3) is 11.3 Å². The monoisotopic (exact) mass is 226 g/mol. The molecule has 0 saturated heterocycles. The molecule has 4 rings (SSSR count). The van der Waals surface area contributed by atoms with E-state index in [1.54, 1.807) is 6.20 Å². The van der Waals surface area contributed by atoms with E-state index in [9.17, 15) is 0 Å². The minimum atomic E-state index is 0.642. The molecular formula is C14H14N2O. The van der Waals surface area contributed by atoms with Crippen molar-refractivity contribution in [1.29, 1.82) is 0 Å². The molecule has 3 nitrogen and oxygen atoms in total. The number of hydrogen-bond donors (Lipinski definition) is 0. The maximum Gasteiger partial charge on any atom is 0.143 e. The van der Waals surface area contributed by atoms with Crippen LogP contribution in [0.2, 0.25) is 0 Å². The highest BCUT2D eigenvalue weighted by atomic mass is 16.5. The second-order valence-corrected chi connectivity index (χ2v) is 5.10. The van der Waals surface area contributed by atoms with Gasteiger partial charge < -0.3 is 4.52 Å². The molecule has 0 unspecified atom stereocenters. The Balaban J connectivity index is 1.84. The number of hydrogen-bond acceptors (Lipinski definition) is 3. The highest BCUT2D eigenvalue weighted by molar-refractivity contribution is 5.64. The normalized spacial score (nSPS) is 19.5. The number of aromatic nitrogens is 2.